The Bertz CT molecular complexity index is 332. The highest BCUT2D eigenvalue weighted by molar-refractivity contribution is 8.13. The molecular formula is C14H25N3S. The van der Waals surface area contributed by atoms with E-state index in [0.717, 1.165) is 31.4 Å². The predicted molar refractivity (Wildman–Crippen MR) is 84.5 cm³/mol. The van der Waals surface area contributed by atoms with Gasteiger partial charge in [-0.3, -0.25) is 10.4 Å². The molecule has 1 atom stereocenters. The Kier molecular flexibility index (Phi) is 9.38. The van der Waals surface area contributed by atoms with Gasteiger partial charge in [0, 0.05) is 6.21 Å². The van der Waals surface area contributed by atoms with Gasteiger partial charge in [0.05, 0.1) is 11.4 Å². The van der Waals surface area contributed by atoms with Gasteiger partial charge in [0.15, 0.2) is 0 Å². The lowest BCUT2D eigenvalue weighted by molar-refractivity contribution is 0.544. The van der Waals surface area contributed by atoms with Gasteiger partial charge in [-0.25, -0.2) is 0 Å². The molecular weight excluding hydrogens is 242 g/mol. The summed E-state index contributed by atoms with van der Waals surface area (Å²) in [6, 6.07) is 0. The van der Waals surface area contributed by atoms with Crippen molar-refractivity contribution in [3.63, 3.8) is 0 Å². The van der Waals surface area contributed by atoms with Gasteiger partial charge in [-0.05, 0) is 44.8 Å². The minimum Gasteiger partial charge on any atom is -0.395 e. The van der Waals surface area contributed by atoms with E-state index in [-0.39, 0.29) is 0 Å². The van der Waals surface area contributed by atoms with E-state index in [1.165, 1.54) is 11.8 Å². The van der Waals surface area contributed by atoms with Crippen LogP contribution >= 0.6 is 11.8 Å². The summed E-state index contributed by atoms with van der Waals surface area (Å²) < 4.78 is 0. The molecule has 0 aliphatic heterocycles. The van der Waals surface area contributed by atoms with E-state index in [1.807, 2.05) is 19.3 Å². The van der Waals surface area contributed by atoms with Crippen LogP contribution in [0.25, 0.3) is 0 Å². The van der Waals surface area contributed by atoms with E-state index >= 15 is 0 Å². The summed E-state index contributed by atoms with van der Waals surface area (Å²) in [7, 11) is 0. The van der Waals surface area contributed by atoms with Gasteiger partial charge in [-0.15, -0.1) is 18.3 Å². The van der Waals surface area contributed by atoms with Crippen molar-refractivity contribution >= 4 is 23.0 Å². The lowest BCUT2D eigenvalue weighted by atomic mass is 9.98. The number of nitrogens with zero attached hydrogens (tertiary/aromatic N) is 1. The second kappa shape index (κ2) is 9.95. The summed E-state index contributed by atoms with van der Waals surface area (Å²) >= 11 is 1.35. The topological polar surface area (TPSA) is 62.2 Å². The first-order chi connectivity index (χ1) is 8.60. The molecule has 0 heterocycles. The number of allylic oxidation sites excluding steroid dienone is 2. The summed E-state index contributed by atoms with van der Waals surface area (Å²) in [5.74, 6) is 0.568. The minimum atomic E-state index is 0.395. The molecule has 3 nitrogen and oxygen atoms in total. The summed E-state index contributed by atoms with van der Waals surface area (Å²) in [6.07, 6.45) is 9.68. The summed E-state index contributed by atoms with van der Waals surface area (Å²) in [5, 5.41) is 8.13. The number of nitrogens with one attached hydrogen (secondary N) is 1. The summed E-state index contributed by atoms with van der Waals surface area (Å²) in [6.45, 7) is 7.88. The van der Waals surface area contributed by atoms with Crippen LogP contribution in [0.15, 0.2) is 29.0 Å². The van der Waals surface area contributed by atoms with Gasteiger partial charge in [0.25, 0.3) is 0 Å². The molecule has 3 N–H and O–H groups in total. The van der Waals surface area contributed by atoms with Crippen LogP contribution in [-0.2, 0) is 0 Å². The van der Waals surface area contributed by atoms with E-state index in [1.54, 1.807) is 6.21 Å². The molecule has 102 valence electrons. The first kappa shape index (κ1) is 17.0. The molecule has 1 unspecified atom stereocenters. The maximum atomic E-state index is 7.73. The Balaban J connectivity index is 4.55. The Hall–Kier alpha value is -1.03. The van der Waals surface area contributed by atoms with E-state index in [0.29, 0.717) is 16.7 Å². The first-order valence-electron chi connectivity index (χ1n) is 6.33. The molecule has 0 fully saturated rings. The van der Waals surface area contributed by atoms with Crippen molar-refractivity contribution in [3.05, 3.63) is 24.0 Å². The number of hydrogen-bond donors (Lipinski definition) is 2. The van der Waals surface area contributed by atoms with Crippen molar-refractivity contribution in [3.8, 4) is 0 Å². The van der Waals surface area contributed by atoms with Gasteiger partial charge in [-0.1, -0.05) is 13.0 Å². The number of hydrogen-bond acceptors (Lipinski definition) is 4. The normalized spacial score (nSPS) is 14.4. The third kappa shape index (κ3) is 6.05. The third-order valence-electron chi connectivity index (χ3n) is 2.89. The lowest BCUT2D eigenvalue weighted by Gasteiger charge is -2.11. The fourth-order valence-corrected chi connectivity index (χ4v) is 2.02. The van der Waals surface area contributed by atoms with Gasteiger partial charge >= 0.3 is 0 Å². The summed E-state index contributed by atoms with van der Waals surface area (Å²) in [4.78, 5) is 4.29. The lowest BCUT2D eigenvalue weighted by Crippen LogP contribution is -2.10. The predicted octanol–water partition coefficient (Wildman–Crippen LogP) is 3.97. The van der Waals surface area contributed by atoms with Crippen LogP contribution in [0.4, 0.5) is 0 Å². The second-order valence-corrected chi connectivity index (χ2v) is 4.89. The molecule has 0 bridgehead atoms. The van der Waals surface area contributed by atoms with Crippen molar-refractivity contribution < 1.29 is 0 Å². The fraction of sp³-hybridized carbons (Fsp3) is 0.571. The highest BCUT2D eigenvalue weighted by atomic mass is 32.2. The molecule has 0 radical (unpaired) electrons. The Morgan fingerprint density at radius 1 is 1.56 bits per heavy atom. The minimum absolute atomic E-state index is 0.395. The molecule has 0 amide bonds. The van der Waals surface area contributed by atoms with Gasteiger partial charge in [0.1, 0.15) is 5.04 Å². The van der Waals surface area contributed by atoms with Crippen LogP contribution in [0, 0.1) is 11.3 Å². The quantitative estimate of drug-likeness (QED) is 0.397. The van der Waals surface area contributed by atoms with E-state index in [4.69, 9.17) is 11.1 Å². The average molecular weight is 267 g/mol. The Morgan fingerprint density at radius 3 is 2.67 bits per heavy atom. The molecule has 0 aromatic carbocycles. The largest absolute Gasteiger partial charge is 0.395 e. The van der Waals surface area contributed by atoms with Crippen LogP contribution in [0.1, 0.15) is 39.5 Å². The van der Waals surface area contributed by atoms with Crippen LogP contribution in [0.2, 0.25) is 0 Å². The average Bonchev–Trinajstić information content (AvgIpc) is 2.40. The zero-order valence-electron chi connectivity index (χ0n) is 11.7. The van der Waals surface area contributed by atoms with Crippen molar-refractivity contribution in [1.82, 2.24) is 0 Å². The van der Waals surface area contributed by atoms with Crippen LogP contribution in [0.5, 0.6) is 0 Å². The molecule has 0 spiro atoms. The van der Waals surface area contributed by atoms with Crippen molar-refractivity contribution in [2.24, 2.45) is 16.6 Å². The van der Waals surface area contributed by atoms with E-state index in [2.05, 4.69) is 18.5 Å². The van der Waals surface area contributed by atoms with Crippen LogP contribution < -0.4 is 5.73 Å². The highest BCUT2D eigenvalue weighted by Crippen LogP contribution is 2.19. The SMILES string of the molecule is C=CC(CC)CCCC(/N=C\C)=C(\N)C(=N)SC. The van der Waals surface area contributed by atoms with Crippen molar-refractivity contribution in [1.29, 1.82) is 5.41 Å². The number of rotatable bonds is 8. The number of nitrogens with two attached hydrogens (primary N) is 1. The van der Waals surface area contributed by atoms with E-state index in [9.17, 15) is 0 Å². The zero-order chi connectivity index (χ0) is 14.0. The molecule has 0 aliphatic rings. The monoisotopic (exact) mass is 267 g/mol. The number of aliphatic imine (C=N–C) groups is 1. The molecule has 0 saturated heterocycles. The van der Waals surface area contributed by atoms with Crippen molar-refractivity contribution in [2.75, 3.05) is 6.26 Å². The summed E-state index contributed by atoms with van der Waals surface area (Å²) in [5.41, 5.74) is 7.28. The molecule has 4 heteroatoms. The highest BCUT2D eigenvalue weighted by Gasteiger charge is 2.08. The Labute approximate surface area is 115 Å². The smallest absolute Gasteiger partial charge is 0.112 e. The van der Waals surface area contributed by atoms with Gasteiger partial charge in [-0.2, -0.15) is 0 Å². The zero-order valence-corrected chi connectivity index (χ0v) is 12.5. The maximum Gasteiger partial charge on any atom is 0.112 e. The maximum absolute atomic E-state index is 7.73. The van der Waals surface area contributed by atoms with Crippen LogP contribution in [-0.4, -0.2) is 17.5 Å². The molecule has 0 aromatic rings. The second-order valence-electron chi connectivity index (χ2n) is 4.08. The number of thioether (sulfide) groups is 1. The van der Waals surface area contributed by atoms with E-state index < -0.39 is 0 Å². The molecule has 0 aliphatic carbocycles. The van der Waals surface area contributed by atoms with Crippen LogP contribution in [0.3, 0.4) is 0 Å². The van der Waals surface area contributed by atoms with Gasteiger partial charge < -0.3 is 5.73 Å². The molecule has 0 rings (SSSR count). The Morgan fingerprint density at radius 2 is 2.22 bits per heavy atom. The molecule has 0 aromatic heterocycles. The van der Waals surface area contributed by atoms with Gasteiger partial charge in [0.2, 0.25) is 0 Å². The standard InChI is InChI=1S/C14H25N3S/c1-5-11(6-2)9-8-10-12(17-7-3)13(15)14(16)18-4/h5,7,11,16H,1,6,8-10,15H2,2-4H3/b13-12+,16-14?,17-7-. The van der Waals surface area contributed by atoms with Crippen molar-refractivity contribution in [2.45, 2.75) is 39.5 Å². The molecule has 0 saturated carbocycles. The fourth-order valence-electron chi connectivity index (χ4n) is 1.69. The first-order valence-corrected chi connectivity index (χ1v) is 7.55. The molecule has 18 heavy (non-hydrogen) atoms. The third-order valence-corrected chi connectivity index (χ3v) is 3.52.